The summed E-state index contributed by atoms with van der Waals surface area (Å²) in [5.74, 6) is -0.693. The Kier molecular flexibility index (Phi) is 6.68. The summed E-state index contributed by atoms with van der Waals surface area (Å²) in [5, 5.41) is 1.81. The van der Waals surface area contributed by atoms with E-state index in [-0.39, 0.29) is 0 Å². The lowest BCUT2D eigenvalue weighted by Crippen LogP contribution is -2.42. The Morgan fingerprint density at radius 3 is 2.32 bits per heavy atom. The number of carbonyl (C=O) groups excluding carboxylic acids is 3. The number of carbonyl (C=O) groups is 3. The van der Waals surface area contributed by atoms with Gasteiger partial charge in [0.1, 0.15) is 0 Å². The molecule has 1 aromatic rings. The fourth-order valence-electron chi connectivity index (χ4n) is 1.49. The quantitative estimate of drug-likeness (QED) is 0.712. The van der Waals surface area contributed by atoms with Crippen LogP contribution in [-0.2, 0) is 14.3 Å². The van der Waals surface area contributed by atoms with Crippen molar-refractivity contribution in [2.45, 2.75) is 20.0 Å². The molecule has 0 heterocycles. The summed E-state index contributed by atoms with van der Waals surface area (Å²) >= 11 is 0. The summed E-state index contributed by atoms with van der Waals surface area (Å²) in [4.78, 5) is 33.5. The minimum Gasteiger partial charge on any atom is -0.490 e. The zero-order valence-electron chi connectivity index (χ0n) is 12.3. The summed E-state index contributed by atoms with van der Waals surface area (Å²) < 4.78 is 15.4. The van der Waals surface area contributed by atoms with Gasteiger partial charge in [-0.05, 0) is 26.0 Å². The van der Waals surface area contributed by atoms with Crippen molar-refractivity contribution < 1.29 is 28.6 Å². The Hall–Kier alpha value is -2.77. The third-order valence-electron chi connectivity index (χ3n) is 2.42. The molecule has 22 heavy (non-hydrogen) atoms. The zero-order valence-corrected chi connectivity index (χ0v) is 12.3. The van der Waals surface area contributed by atoms with Gasteiger partial charge in [0, 0.05) is 0 Å². The van der Waals surface area contributed by atoms with Crippen molar-refractivity contribution in [3.63, 3.8) is 0 Å². The monoisotopic (exact) mass is 310 g/mol. The molecular weight excluding hydrogens is 292 g/mol. The van der Waals surface area contributed by atoms with Crippen LogP contribution in [0, 0.1) is 0 Å². The number of hydrogen-bond donors (Lipinski definition) is 2. The maximum atomic E-state index is 11.6. The standard InChI is InChI=1S/C14H18N2O6/c1-3-20-10-6-4-5-7-11(10)21-8-12(17)22-9(2)13(18)16-14(15)19/h4-7,9H,3,8H2,1-2H3,(H3,15,16,18,19)/t9-/m1/s1. The second-order valence-corrected chi connectivity index (χ2v) is 4.15. The Labute approximate surface area is 127 Å². The van der Waals surface area contributed by atoms with Crippen molar-refractivity contribution in [1.82, 2.24) is 5.32 Å². The van der Waals surface area contributed by atoms with E-state index in [1.54, 1.807) is 24.3 Å². The largest absolute Gasteiger partial charge is 0.490 e. The molecule has 0 aromatic heterocycles. The van der Waals surface area contributed by atoms with Crippen LogP contribution in [0.4, 0.5) is 4.79 Å². The zero-order chi connectivity index (χ0) is 16.5. The lowest BCUT2D eigenvalue weighted by atomic mass is 10.3. The van der Waals surface area contributed by atoms with Crippen LogP contribution in [0.3, 0.4) is 0 Å². The summed E-state index contributed by atoms with van der Waals surface area (Å²) in [6.45, 7) is 3.18. The minimum absolute atomic E-state index is 0.385. The number of imide groups is 1. The fourth-order valence-corrected chi connectivity index (χ4v) is 1.49. The van der Waals surface area contributed by atoms with Crippen LogP contribution in [0.5, 0.6) is 11.5 Å². The lowest BCUT2D eigenvalue weighted by Gasteiger charge is -2.14. The molecule has 8 nitrogen and oxygen atoms in total. The summed E-state index contributed by atoms with van der Waals surface area (Å²) in [7, 11) is 0. The topological polar surface area (TPSA) is 117 Å². The molecule has 0 radical (unpaired) electrons. The van der Waals surface area contributed by atoms with Gasteiger partial charge in [0.05, 0.1) is 6.61 Å². The molecular formula is C14H18N2O6. The van der Waals surface area contributed by atoms with Crippen molar-refractivity contribution in [2.24, 2.45) is 5.73 Å². The van der Waals surface area contributed by atoms with E-state index in [1.165, 1.54) is 6.92 Å². The van der Waals surface area contributed by atoms with Gasteiger partial charge in [-0.15, -0.1) is 0 Å². The maximum absolute atomic E-state index is 11.6. The molecule has 120 valence electrons. The highest BCUT2D eigenvalue weighted by Crippen LogP contribution is 2.26. The molecule has 0 saturated heterocycles. The highest BCUT2D eigenvalue weighted by atomic mass is 16.6. The first-order valence-electron chi connectivity index (χ1n) is 6.58. The number of hydrogen-bond acceptors (Lipinski definition) is 6. The number of urea groups is 1. The maximum Gasteiger partial charge on any atom is 0.344 e. The van der Waals surface area contributed by atoms with Crippen LogP contribution >= 0.6 is 0 Å². The number of ether oxygens (including phenoxy) is 3. The van der Waals surface area contributed by atoms with Gasteiger partial charge in [0.2, 0.25) is 0 Å². The lowest BCUT2D eigenvalue weighted by molar-refractivity contribution is -0.156. The van der Waals surface area contributed by atoms with Gasteiger partial charge in [0.15, 0.2) is 24.2 Å². The molecule has 0 bridgehead atoms. The second-order valence-electron chi connectivity index (χ2n) is 4.15. The molecule has 8 heteroatoms. The van der Waals surface area contributed by atoms with Crippen molar-refractivity contribution in [1.29, 1.82) is 0 Å². The molecule has 1 atom stereocenters. The van der Waals surface area contributed by atoms with E-state index in [4.69, 9.17) is 19.9 Å². The van der Waals surface area contributed by atoms with Gasteiger partial charge in [0.25, 0.3) is 5.91 Å². The number of benzene rings is 1. The number of rotatable bonds is 7. The second kappa shape index (κ2) is 8.50. The molecule has 0 aliphatic rings. The van der Waals surface area contributed by atoms with E-state index in [0.29, 0.717) is 18.1 Å². The van der Waals surface area contributed by atoms with E-state index in [1.807, 2.05) is 12.2 Å². The van der Waals surface area contributed by atoms with Gasteiger partial charge in [-0.25, -0.2) is 9.59 Å². The van der Waals surface area contributed by atoms with E-state index in [9.17, 15) is 14.4 Å². The number of primary amides is 1. The highest BCUT2D eigenvalue weighted by molar-refractivity contribution is 5.96. The normalized spacial score (nSPS) is 11.2. The smallest absolute Gasteiger partial charge is 0.344 e. The number of nitrogens with two attached hydrogens (primary N) is 1. The fraction of sp³-hybridized carbons (Fsp3) is 0.357. The van der Waals surface area contributed by atoms with Crippen LogP contribution < -0.4 is 20.5 Å². The Balaban J connectivity index is 2.49. The Morgan fingerprint density at radius 2 is 1.77 bits per heavy atom. The summed E-state index contributed by atoms with van der Waals surface area (Å²) in [6, 6.07) is 5.82. The van der Waals surface area contributed by atoms with Crippen molar-refractivity contribution >= 4 is 17.9 Å². The highest BCUT2D eigenvalue weighted by Gasteiger charge is 2.19. The van der Waals surface area contributed by atoms with Gasteiger partial charge in [-0.1, -0.05) is 12.1 Å². The molecule has 0 aliphatic carbocycles. The van der Waals surface area contributed by atoms with E-state index in [2.05, 4.69) is 0 Å². The molecule has 0 aliphatic heterocycles. The average Bonchev–Trinajstić information content (AvgIpc) is 2.46. The van der Waals surface area contributed by atoms with Crippen LogP contribution in [0.15, 0.2) is 24.3 Å². The minimum atomic E-state index is -1.16. The van der Waals surface area contributed by atoms with Crippen LogP contribution in [0.1, 0.15) is 13.8 Å². The molecule has 0 fully saturated rings. The molecule has 1 rings (SSSR count). The first-order valence-corrected chi connectivity index (χ1v) is 6.58. The first-order chi connectivity index (χ1) is 10.4. The van der Waals surface area contributed by atoms with Crippen molar-refractivity contribution in [3.05, 3.63) is 24.3 Å². The van der Waals surface area contributed by atoms with Crippen LogP contribution in [0.2, 0.25) is 0 Å². The van der Waals surface area contributed by atoms with Gasteiger partial charge in [-0.3, -0.25) is 10.1 Å². The number of amides is 3. The summed E-state index contributed by atoms with van der Waals surface area (Å²) in [6.07, 6.45) is -1.16. The number of nitrogens with one attached hydrogen (secondary N) is 1. The molecule has 0 unspecified atom stereocenters. The third kappa shape index (κ3) is 5.70. The molecule has 3 N–H and O–H groups in total. The molecule has 0 spiro atoms. The third-order valence-corrected chi connectivity index (χ3v) is 2.42. The van der Waals surface area contributed by atoms with Crippen LogP contribution in [-0.4, -0.2) is 37.2 Å². The molecule has 1 aromatic carbocycles. The molecule has 3 amide bonds. The molecule has 0 saturated carbocycles. The number of esters is 1. The predicted molar refractivity (Wildman–Crippen MR) is 76.4 cm³/mol. The van der Waals surface area contributed by atoms with Gasteiger partial charge in [-0.2, -0.15) is 0 Å². The van der Waals surface area contributed by atoms with Gasteiger partial charge < -0.3 is 19.9 Å². The van der Waals surface area contributed by atoms with Crippen molar-refractivity contribution in [3.8, 4) is 11.5 Å². The van der Waals surface area contributed by atoms with E-state index < -0.39 is 30.6 Å². The van der Waals surface area contributed by atoms with Crippen LogP contribution in [0.25, 0.3) is 0 Å². The van der Waals surface area contributed by atoms with Gasteiger partial charge >= 0.3 is 12.0 Å². The summed E-state index contributed by atoms with van der Waals surface area (Å²) in [5.41, 5.74) is 4.79. The van der Waals surface area contributed by atoms with E-state index in [0.717, 1.165) is 0 Å². The Bertz CT molecular complexity index is 546. The first kappa shape index (κ1) is 17.3. The van der Waals surface area contributed by atoms with E-state index >= 15 is 0 Å². The number of para-hydroxylation sites is 2. The predicted octanol–water partition coefficient (Wildman–Crippen LogP) is 0.591. The SMILES string of the molecule is CCOc1ccccc1OCC(=O)O[C@H](C)C(=O)NC(N)=O. The average molecular weight is 310 g/mol. The van der Waals surface area contributed by atoms with Crippen molar-refractivity contribution in [2.75, 3.05) is 13.2 Å². The Morgan fingerprint density at radius 1 is 1.18 bits per heavy atom.